The van der Waals surface area contributed by atoms with Gasteiger partial charge in [-0.05, 0) is 12.5 Å². The van der Waals surface area contributed by atoms with Gasteiger partial charge in [0.15, 0.2) is 0 Å². The third kappa shape index (κ3) is 1.19. The second-order valence-electron chi connectivity index (χ2n) is 3.16. The highest BCUT2D eigenvalue weighted by molar-refractivity contribution is 5.69. The van der Waals surface area contributed by atoms with Crippen LogP contribution in [0.3, 0.4) is 0 Å². The molecule has 2 N–H and O–H groups in total. The molecule has 0 aliphatic carbocycles. The molecule has 0 aromatic carbocycles. The first kappa shape index (κ1) is 7.28. The number of hydrogen-bond donors (Lipinski definition) is 1. The van der Waals surface area contributed by atoms with Gasteiger partial charge in [0, 0.05) is 17.8 Å². The van der Waals surface area contributed by atoms with Crippen molar-refractivity contribution >= 4 is 6.21 Å². The maximum atomic E-state index is 5.41. The zero-order valence-electron chi connectivity index (χ0n) is 6.63. The first-order valence-electron chi connectivity index (χ1n) is 3.30. The number of hydrazine groups is 1. The summed E-state index contributed by atoms with van der Waals surface area (Å²) in [4.78, 5) is 0. The molecule has 1 heterocycles. The van der Waals surface area contributed by atoms with Gasteiger partial charge in [-0.3, -0.25) is 0 Å². The summed E-state index contributed by atoms with van der Waals surface area (Å²) in [6, 6.07) is 0. The van der Waals surface area contributed by atoms with Crippen molar-refractivity contribution in [1.29, 1.82) is 0 Å². The summed E-state index contributed by atoms with van der Waals surface area (Å²) in [6.07, 6.45) is 3.68. The van der Waals surface area contributed by atoms with Gasteiger partial charge in [-0.1, -0.05) is 13.8 Å². The molecule has 0 saturated carbocycles. The number of rotatable bonds is 0. The van der Waals surface area contributed by atoms with Gasteiger partial charge in [-0.2, -0.15) is 5.10 Å². The molecule has 0 unspecified atom stereocenters. The molecule has 0 aromatic rings. The minimum atomic E-state index is 0.0653. The standard InChI is InChI=1S/C7H13N3/c1-6-4-10(8)9-5-7(6,2)3/h4-5H,8H2,1-3H3. The quantitative estimate of drug-likeness (QED) is 0.510. The van der Waals surface area contributed by atoms with Crippen molar-refractivity contribution in [2.24, 2.45) is 16.4 Å². The van der Waals surface area contributed by atoms with Crippen LogP contribution in [0.5, 0.6) is 0 Å². The lowest BCUT2D eigenvalue weighted by Crippen LogP contribution is -2.29. The van der Waals surface area contributed by atoms with Gasteiger partial charge in [0.05, 0.1) is 0 Å². The van der Waals surface area contributed by atoms with Gasteiger partial charge in [0.1, 0.15) is 0 Å². The van der Waals surface area contributed by atoms with E-state index in [0.29, 0.717) is 0 Å². The molecule has 1 aliphatic rings. The molecular formula is C7H13N3. The van der Waals surface area contributed by atoms with E-state index in [4.69, 9.17) is 5.84 Å². The largest absolute Gasteiger partial charge is 0.227 e. The van der Waals surface area contributed by atoms with Crippen LogP contribution in [-0.4, -0.2) is 11.3 Å². The first-order valence-corrected chi connectivity index (χ1v) is 3.30. The van der Waals surface area contributed by atoms with E-state index in [9.17, 15) is 0 Å². The Morgan fingerprint density at radius 1 is 1.60 bits per heavy atom. The Kier molecular flexibility index (Phi) is 1.52. The molecule has 0 radical (unpaired) electrons. The summed E-state index contributed by atoms with van der Waals surface area (Å²) in [5.74, 6) is 5.41. The molecule has 0 amide bonds. The summed E-state index contributed by atoms with van der Waals surface area (Å²) >= 11 is 0. The number of hydrazone groups is 1. The van der Waals surface area contributed by atoms with Gasteiger partial charge in [0.25, 0.3) is 0 Å². The maximum absolute atomic E-state index is 5.41. The average molecular weight is 139 g/mol. The Morgan fingerprint density at radius 2 is 2.20 bits per heavy atom. The maximum Gasteiger partial charge on any atom is 0.0413 e. The second-order valence-corrected chi connectivity index (χ2v) is 3.16. The highest BCUT2D eigenvalue weighted by Gasteiger charge is 2.20. The fourth-order valence-corrected chi connectivity index (χ4v) is 0.711. The normalized spacial score (nSPS) is 22.8. The molecule has 1 aliphatic heterocycles. The van der Waals surface area contributed by atoms with Crippen molar-refractivity contribution in [2.45, 2.75) is 20.8 Å². The number of nitrogens with two attached hydrogens (primary N) is 1. The monoisotopic (exact) mass is 139 g/mol. The summed E-state index contributed by atoms with van der Waals surface area (Å²) in [5.41, 5.74) is 1.29. The van der Waals surface area contributed by atoms with E-state index in [1.807, 2.05) is 19.3 Å². The summed E-state index contributed by atoms with van der Waals surface area (Å²) in [7, 11) is 0. The minimum Gasteiger partial charge on any atom is -0.227 e. The fraction of sp³-hybridized carbons (Fsp3) is 0.571. The molecule has 10 heavy (non-hydrogen) atoms. The molecular weight excluding hydrogens is 126 g/mol. The molecule has 0 saturated heterocycles. The third-order valence-corrected chi connectivity index (χ3v) is 1.86. The zero-order chi connectivity index (χ0) is 7.78. The first-order chi connectivity index (χ1) is 4.52. The van der Waals surface area contributed by atoms with Crippen LogP contribution in [0.15, 0.2) is 16.9 Å². The van der Waals surface area contributed by atoms with Crippen LogP contribution in [0, 0.1) is 5.41 Å². The molecule has 0 spiro atoms. The van der Waals surface area contributed by atoms with E-state index in [1.165, 1.54) is 10.7 Å². The van der Waals surface area contributed by atoms with Crippen LogP contribution in [-0.2, 0) is 0 Å². The van der Waals surface area contributed by atoms with Crippen molar-refractivity contribution in [3.63, 3.8) is 0 Å². The molecule has 0 atom stereocenters. The van der Waals surface area contributed by atoms with Gasteiger partial charge >= 0.3 is 0 Å². The van der Waals surface area contributed by atoms with Crippen LogP contribution in [0.25, 0.3) is 0 Å². The van der Waals surface area contributed by atoms with E-state index < -0.39 is 0 Å². The smallest absolute Gasteiger partial charge is 0.0413 e. The molecule has 0 aromatic heterocycles. The van der Waals surface area contributed by atoms with E-state index >= 15 is 0 Å². The van der Waals surface area contributed by atoms with Crippen molar-refractivity contribution in [2.75, 3.05) is 0 Å². The number of allylic oxidation sites excluding steroid dienone is 1. The molecule has 1 rings (SSSR count). The van der Waals surface area contributed by atoms with Crippen LogP contribution in [0.4, 0.5) is 0 Å². The molecule has 0 bridgehead atoms. The summed E-state index contributed by atoms with van der Waals surface area (Å²) < 4.78 is 0. The molecule has 0 fully saturated rings. The average Bonchev–Trinajstić information content (AvgIpc) is 1.81. The second kappa shape index (κ2) is 2.09. The van der Waals surface area contributed by atoms with Crippen molar-refractivity contribution < 1.29 is 0 Å². The van der Waals surface area contributed by atoms with E-state index in [1.54, 1.807) is 0 Å². The van der Waals surface area contributed by atoms with E-state index in [0.717, 1.165) is 0 Å². The highest BCUT2D eigenvalue weighted by Crippen LogP contribution is 2.25. The summed E-state index contributed by atoms with van der Waals surface area (Å²) in [6.45, 7) is 6.26. The number of hydrogen-bond acceptors (Lipinski definition) is 3. The Morgan fingerprint density at radius 3 is 2.60 bits per heavy atom. The Hall–Kier alpha value is -0.830. The lowest BCUT2D eigenvalue weighted by Gasteiger charge is -2.26. The van der Waals surface area contributed by atoms with Gasteiger partial charge < -0.3 is 0 Å². The predicted octanol–water partition coefficient (Wildman–Crippen LogP) is 1.09. The van der Waals surface area contributed by atoms with Gasteiger partial charge in [-0.25, -0.2) is 11.0 Å². The third-order valence-electron chi connectivity index (χ3n) is 1.86. The van der Waals surface area contributed by atoms with Crippen LogP contribution in [0.1, 0.15) is 20.8 Å². The van der Waals surface area contributed by atoms with Gasteiger partial charge in [-0.15, -0.1) is 0 Å². The Balaban J connectivity index is 2.87. The van der Waals surface area contributed by atoms with Crippen molar-refractivity contribution in [3.05, 3.63) is 11.8 Å². The summed E-state index contributed by atoms with van der Waals surface area (Å²) in [5, 5.41) is 5.28. The topological polar surface area (TPSA) is 41.6 Å². The Labute approximate surface area is 61.2 Å². The SMILES string of the molecule is CC1=CN(N)N=CC1(C)C. The van der Waals surface area contributed by atoms with Crippen LogP contribution >= 0.6 is 0 Å². The fourth-order valence-electron chi connectivity index (χ4n) is 0.711. The van der Waals surface area contributed by atoms with E-state index in [2.05, 4.69) is 18.9 Å². The zero-order valence-corrected chi connectivity index (χ0v) is 6.63. The van der Waals surface area contributed by atoms with Crippen LogP contribution in [0.2, 0.25) is 0 Å². The molecule has 3 heteroatoms. The van der Waals surface area contributed by atoms with E-state index in [-0.39, 0.29) is 5.41 Å². The molecule has 56 valence electrons. The number of nitrogens with zero attached hydrogens (tertiary/aromatic N) is 2. The lowest BCUT2D eigenvalue weighted by atomic mass is 9.87. The Bertz CT molecular complexity index is 191. The lowest BCUT2D eigenvalue weighted by molar-refractivity contribution is 0.388. The highest BCUT2D eigenvalue weighted by atomic mass is 15.6. The predicted molar refractivity (Wildman–Crippen MR) is 42.1 cm³/mol. The minimum absolute atomic E-state index is 0.0653. The van der Waals surface area contributed by atoms with Crippen LogP contribution < -0.4 is 5.84 Å². The van der Waals surface area contributed by atoms with Crippen molar-refractivity contribution in [1.82, 2.24) is 5.12 Å². The van der Waals surface area contributed by atoms with Gasteiger partial charge in [0.2, 0.25) is 0 Å². The molecule has 3 nitrogen and oxygen atoms in total. The van der Waals surface area contributed by atoms with Crippen molar-refractivity contribution in [3.8, 4) is 0 Å².